The second kappa shape index (κ2) is 4.47. The quantitative estimate of drug-likeness (QED) is 0.713. The topological polar surface area (TPSA) is 37.4 Å². The number of nitrogens with zero attached hydrogens (tertiary/aromatic N) is 1. The van der Waals surface area contributed by atoms with Crippen LogP contribution in [0.25, 0.3) is 0 Å². The number of likely N-dealkylation sites (tertiary alicyclic amines) is 1. The van der Waals surface area contributed by atoms with Gasteiger partial charge in [0.1, 0.15) is 0 Å². The number of carbonyl (C=O) groups excluding carboxylic acids is 2. The Morgan fingerprint density at radius 1 is 1.06 bits per heavy atom. The van der Waals surface area contributed by atoms with Crippen molar-refractivity contribution in [2.24, 2.45) is 0 Å². The fraction of sp³-hybridized carbons (Fsp3) is 0.385. The number of amides is 2. The molecule has 3 heteroatoms. The van der Waals surface area contributed by atoms with Gasteiger partial charge >= 0.3 is 0 Å². The molecule has 0 aromatic heterocycles. The molecule has 84 valence electrons. The minimum absolute atomic E-state index is 0.0485. The molecule has 0 N–H and O–H groups in total. The molecule has 1 aliphatic heterocycles. The summed E-state index contributed by atoms with van der Waals surface area (Å²) in [7, 11) is 0. The molecule has 1 heterocycles. The summed E-state index contributed by atoms with van der Waals surface area (Å²) in [4.78, 5) is 24.9. The van der Waals surface area contributed by atoms with E-state index < -0.39 is 0 Å². The van der Waals surface area contributed by atoms with Crippen LogP contribution in [-0.4, -0.2) is 16.7 Å². The Bertz CT molecular complexity index is 384. The van der Waals surface area contributed by atoms with E-state index in [1.54, 1.807) is 0 Å². The predicted molar refractivity (Wildman–Crippen MR) is 60.6 cm³/mol. The third kappa shape index (κ3) is 1.98. The van der Waals surface area contributed by atoms with E-state index in [9.17, 15) is 9.59 Å². The maximum absolute atomic E-state index is 11.7. The van der Waals surface area contributed by atoms with Crippen LogP contribution in [0.1, 0.15) is 37.8 Å². The summed E-state index contributed by atoms with van der Waals surface area (Å²) in [5, 5.41) is 0. The first-order chi connectivity index (χ1) is 7.70. The number of benzene rings is 1. The molecule has 3 nitrogen and oxygen atoms in total. The van der Waals surface area contributed by atoms with E-state index in [0.29, 0.717) is 19.3 Å². The first-order valence-corrected chi connectivity index (χ1v) is 5.60. The number of hydrogen-bond acceptors (Lipinski definition) is 2. The first kappa shape index (κ1) is 10.9. The average molecular weight is 217 g/mol. The van der Waals surface area contributed by atoms with Crippen LogP contribution in [0.2, 0.25) is 0 Å². The second-order valence-corrected chi connectivity index (χ2v) is 4.10. The van der Waals surface area contributed by atoms with Gasteiger partial charge in [-0.05, 0) is 18.9 Å². The fourth-order valence-electron chi connectivity index (χ4n) is 2.08. The molecule has 1 saturated heterocycles. The lowest BCUT2D eigenvalue weighted by molar-refractivity contribution is -0.150. The van der Waals surface area contributed by atoms with Gasteiger partial charge in [0, 0.05) is 12.8 Å². The van der Waals surface area contributed by atoms with Gasteiger partial charge in [-0.15, -0.1) is 0 Å². The van der Waals surface area contributed by atoms with Gasteiger partial charge in [0.25, 0.3) is 0 Å². The molecule has 0 saturated carbocycles. The van der Waals surface area contributed by atoms with E-state index in [2.05, 4.69) is 0 Å². The normalized spacial score (nSPS) is 18.7. The highest BCUT2D eigenvalue weighted by molar-refractivity contribution is 5.97. The van der Waals surface area contributed by atoms with Crippen LogP contribution in [-0.2, 0) is 9.59 Å². The van der Waals surface area contributed by atoms with E-state index in [1.807, 2.05) is 37.3 Å². The summed E-state index contributed by atoms with van der Waals surface area (Å²) in [6, 6.07) is 9.51. The van der Waals surface area contributed by atoms with E-state index in [1.165, 1.54) is 4.90 Å². The number of hydrogen-bond donors (Lipinski definition) is 0. The Morgan fingerprint density at radius 2 is 1.62 bits per heavy atom. The van der Waals surface area contributed by atoms with Gasteiger partial charge in [0.2, 0.25) is 11.8 Å². The summed E-state index contributed by atoms with van der Waals surface area (Å²) >= 11 is 0. The summed E-state index contributed by atoms with van der Waals surface area (Å²) in [5.74, 6) is -0.0970. The van der Waals surface area contributed by atoms with Crippen molar-refractivity contribution in [1.82, 2.24) is 4.90 Å². The molecule has 1 atom stereocenters. The summed E-state index contributed by atoms with van der Waals surface area (Å²) < 4.78 is 0. The Balaban J connectivity index is 2.23. The minimum Gasteiger partial charge on any atom is -0.275 e. The van der Waals surface area contributed by atoms with Gasteiger partial charge in [-0.25, -0.2) is 0 Å². The Kier molecular flexibility index (Phi) is 3.04. The minimum atomic E-state index is -0.151. The van der Waals surface area contributed by atoms with Crippen molar-refractivity contribution in [2.75, 3.05) is 0 Å². The highest BCUT2D eigenvalue weighted by atomic mass is 16.2. The van der Waals surface area contributed by atoms with Crippen LogP contribution in [0.5, 0.6) is 0 Å². The molecule has 1 aromatic carbocycles. The number of imide groups is 1. The molecule has 0 aliphatic carbocycles. The number of rotatable bonds is 2. The molecule has 1 fully saturated rings. The average Bonchev–Trinajstić information content (AvgIpc) is 2.30. The van der Waals surface area contributed by atoms with Crippen LogP contribution in [0.15, 0.2) is 30.3 Å². The SMILES string of the molecule is C[C@H](c1ccccc1)N1C(=O)CCCC1=O. The number of piperidine rings is 1. The van der Waals surface area contributed by atoms with Gasteiger partial charge in [-0.1, -0.05) is 30.3 Å². The van der Waals surface area contributed by atoms with Crippen molar-refractivity contribution in [1.29, 1.82) is 0 Å². The van der Waals surface area contributed by atoms with Gasteiger partial charge in [-0.2, -0.15) is 0 Å². The lowest BCUT2D eigenvalue weighted by Crippen LogP contribution is -2.41. The van der Waals surface area contributed by atoms with Crippen molar-refractivity contribution in [3.8, 4) is 0 Å². The van der Waals surface area contributed by atoms with Crippen LogP contribution >= 0.6 is 0 Å². The molecule has 2 amide bonds. The van der Waals surface area contributed by atoms with Gasteiger partial charge in [0.05, 0.1) is 6.04 Å². The fourth-order valence-corrected chi connectivity index (χ4v) is 2.08. The molecule has 0 bridgehead atoms. The van der Waals surface area contributed by atoms with E-state index >= 15 is 0 Å². The smallest absolute Gasteiger partial charge is 0.229 e. The lowest BCUT2D eigenvalue weighted by Gasteiger charge is -2.30. The highest BCUT2D eigenvalue weighted by Gasteiger charge is 2.30. The van der Waals surface area contributed by atoms with Crippen molar-refractivity contribution in [2.45, 2.75) is 32.2 Å². The maximum atomic E-state index is 11.7. The second-order valence-electron chi connectivity index (χ2n) is 4.10. The van der Waals surface area contributed by atoms with Crippen LogP contribution in [0.3, 0.4) is 0 Å². The zero-order chi connectivity index (χ0) is 11.5. The molecular weight excluding hydrogens is 202 g/mol. The third-order valence-corrected chi connectivity index (χ3v) is 2.99. The monoisotopic (exact) mass is 217 g/mol. The van der Waals surface area contributed by atoms with Crippen molar-refractivity contribution in [3.63, 3.8) is 0 Å². The van der Waals surface area contributed by atoms with E-state index in [-0.39, 0.29) is 17.9 Å². The molecule has 1 aliphatic rings. The first-order valence-electron chi connectivity index (χ1n) is 5.60. The van der Waals surface area contributed by atoms with Gasteiger partial charge in [0.15, 0.2) is 0 Å². The van der Waals surface area contributed by atoms with Crippen molar-refractivity contribution in [3.05, 3.63) is 35.9 Å². The zero-order valence-electron chi connectivity index (χ0n) is 9.35. The van der Waals surface area contributed by atoms with Crippen molar-refractivity contribution < 1.29 is 9.59 Å². The molecule has 0 unspecified atom stereocenters. The largest absolute Gasteiger partial charge is 0.275 e. The van der Waals surface area contributed by atoms with Crippen LogP contribution < -0.4 is 0 Å². The summed E-state index contributed by atoms with van der Waals surface area (Å²) in [5.41, 5.74) is 1.01. The molecular formula is C13H15NO2. The summed E-state index contributed by atoms with van der Waals surface area (Å²) in [6.45, 7) is 1.90. The molecule has 0 spiro atoms. The van der Waals surface area contributed by atoms with Crippen molar-refractivity contribution >= 4 is 11.8 Å². The Morgan fingerprint density at radius 3 is 2.19 bits per heavy atom. The zero-order valence-corrected chi connectivity index (χ0v) is 9.35. The Labute approximate surface area is 95.1 Å². The lowest BCUT2D eigenvalue weighted by atomic mass is 10.0. The predicted octanol–water partition coefficient (Wildman–Crippen LogP) is 2.29. The molecule has 2 rings (SSSR count). The third-order valence-electron chi connectivity index (χ3n) is 2.99. The van der Waals surface area contributed by atoms with E-state index in [0.717, 1.165) is 5.56 Å². The van der Waals surface area contributed by atoms with E-state index in [4.69, 9.17) is 0 Å². The van der Waals surface area contributed by atoms with Gasteiger partial charge in [-0.3, -0.25) is 14.5 Å². The van der Waals surface area contributed by atoms with Crippen LogP contribution in [0.4, 0.5) is 0 Å². The number of carbonyl (C=O) groups is 2. The standard InChI is InChI=1S/C13H15NO2/c1-10(11-6-3-2-4-7-11)14-12(15)8-5-9-13(14)16/h2-4,6-7,10H,5,8-9H2,1H3/t10-/m1/s1. The Hall–Kier alpha value is -1.64. The molecule has 0 radical (unpaired) electrons. The molecule has 1 aromatic rings. The van der Waals surface area contributed by atoms with Gasteiger partial charge < -0.3 is 0 Å². The van der Waals surface area contributed by atoms with Crippen LogP contribution in [0, 0.1) is 0 Å². The summed E-state index contributed by atoms with van der Waals surface area (Å²) in [6.07, 6.45) is 1.67. The highest BCUT2D eigenvalue weighted by Crippen LogP contribution is 2.25. The molecule has 16 heavy (non-hydrogen) atoms. The maximum Gasteiger partial charge on any atom is 0.229 e.